The van der Waals surface area contributed by atoms with Gasteiger partial charge in [0.15, 0.2) is 15.8 Å². The molecule has 0 bridgehead atoms. The Bertz CT molecular complexity index is 2580. The second-order valence-corrected chi connectivity index (χ2v) is 14.5. The fourth-order valence-corrected chi connectivity index (χ4v) is 8.21. The second kappa shape index (κ2) is 14.7. The van der Waals surface area contributed by atoms with Gasteiger partial charge in [-0.15, -0.1) is 10.2 Å². The number of halogens is 2. The van der Waals surface area contributed by atoms with E-state index in [2.05, 4.69) is 15.5 Å². The highest BCUT2D eigenvalue weighted by Crippen LogP contribution is 2.35. The highest BCUT2D eigenvalue weighted by Gasteiger charge is 2.32. The van der Waals surface area contributed by atoms with Crippen LogP contribution in [0, 0.1) is 10.1 Å². The maximum Gasteiger partial charge on any atom is 0.271 e. The molecule has 11 nitrogen and oxygen atoms in total. The highest BCUT2D eigenvalue weighted by atomic mass is 35.5. The molecule has 52 heavy (non-hydrogen) atoms. The lowest BCUT2D eigenvalue weighted by molar-refractivity contribution is -0.384. The Labute approximate surface area is 314 Å². The van der Waals surface area contributed by atoms with E-state index in [1.807, 2.05) is 41.8 Å². The maximum absolute atomic E-state index is 14.4. The zero-order valence-electron chi connectivity index (χ0n) is 27.5. The Balaban J connectivity index is 1.34. The van der Waals surface area contributed by atoms with Gasteiger partial charge < -0.3 is 9.88 Å². The molecule has 6 aromatic rings. The monoisotopic (exact) mass is 767 g/mol. The summed E-state index contributed by atoms with van der Waals surface area (Å²) in [6.45, 7) is 4.24. The van der Waals surface area contributed by atoms with E-state index in [9.17, 15) is 19.7 Å². The summed E-state index contributed by atoms with van der Waals surface area (Å²) in [4.78, 5) is 45.4. The lowest BCUT2D eigenvalue weighted by Crippen LogP contribution is -2.40. The van der Waals surface area contributed by atoms with E-state index in [0.29, 0.717) is 65.4 Å². The van der Waals surface area contributed by atoms with E-state index in [4.69, 9.17) is 28.2 Å². The first-order valence-corrected chi connectivity index (χ1v) is 18.3. The minimum Gasteiger partial charge on any atom is -0.322 e. The Morgan fingerprint density at radius 1 is 1.00 bits per heavy atom. The Kier molecular flexibility index (Phi) is 9.93. The molecule has 0 fully saturated rings. The number of para-hydroxylation sites is 1. The fourth-order valence-electron chi connectivity index (χ4n) is 5.88. The molecule has 1 N–H and O–H groups in total. The summed E-state index contributed by atoms with van der Waals surface area (Å²) >= 11 is 14.9. The number of carbonyl (C=O) groups excluding carboxylic acids is 1. The number of thiazole rings is 1. The summed E-state index contributed by atoms with van der Waals surface area (Å²) in [5, 5.41) is 25.3. The number of rotatable bonds is 9. The van der Waals surface area contributed by atoms with Gasteiger partial charge in [0, 0.05) is 44.9 Å². The van der Waals surface area contributed by atoms with Crippen molar-refractivity contribution >= 4 is 69.7 Å². The maximum atomic E-state index is 14.4. The molecule has 3 heterocycles. The molecule has 7 rings (SSSR count). The second-order valence-electron chi connectivity index (χ2n) is 11.6. The number of allylic oxidation sites excluding steroid dienone is 1. The van der Waals surface area contributed by atoms with Crippen LogP contribution < -0.4 is 20.2 Å². The predicted octanol–water partition coefficient (Wildman–Crippen LogP) is 7.52. The summed E-state index contributed by atoms with van der Waals surface area (Å²) in [5.74, 6) is 0.213. The molecule has 0 spiro atoms. The number of fused-ring (bicyclic) bond motifs is 1. The summed E-state index contributed by atoms with van der Waals surface area (Å²) in [5.41, 5.74) is 2.66. The van der Waals surface area contributed by atoms with Gasteiger partial charge in [-0.3, -0.25) is 24.3 Å². The molecule has 2 aromatic heterocycles. The minimum absolute atomic E-state index is 0.144. The van der Waals surface area contributed by atoms with Crippen LogP contribution in [0.1, 0.15) is 31.0 Å². The van der Waals surface area contributed by atoms with Crippen LogP contribution in [-0.4, -0.2) is 30.2 Å². The quantitative estimate of drug-likeness (QED) is 0.119. The molecule has 260 valence electrons. The number of non-ortho nitro benzene ring substituents is 1. The van der Waals surface area contributed by atoms with Crippen LogP contribution in [0.2, 0.25) is 10.0 Å². The molecule has 0 unspecified atom stereocenters. The van der Waals surface area contributed by atoms with Crippen LogP contribution >= 0.6 is 46.3 Å². The molecule has 0 aliphatic carbocycles. The molecular formula is C37H27Cl2N7O4S2. The lowest BCUT2D eigenvalue weighted by Gasteiger charge is -2.25. The third-order valence-corrected chi connectivity index (χ3v) is 10.8. The molecule has 0 radical (unpaired) electrons. The van der Waals surface area contributed by atoms with Crippen molar-refractivity contribution in [2.24, 2.45) is 4.99 Å². The summed E-state index contributed by atoms with van der Waals surface area (Å²) < 4.78 is 3.68. The van der Waals surface area contributed by atoms with Crippen molar-refractivity contribution in [3.63, 3.8) is 0 Å². The van der Waals surface area contributed by atoms with Crippen LogP contribution in [0.3, 0.4) is 0 Å². The van der Waals surface area contributed by atoms with Crippen LogP contribution in [-0.2, 0) is 11.3 Å². The van der Waals surface area contributed by atoms with Crippen molar-refractivity contribution in [2.75, 3.05) is 5.32 Å². The summed E-state index contributed by atoms with van der Waals surface area (Å²) in [7, 11) is 0. The van der Waals surface area contributed by atoms with Crippen molar-refractivity contribution in [1.82, 2.24) is 19.3 Å². The van der Waals surface area contributed by atoms with Gasteiger partial charge >= 0.3 is 0 Å². The van der Waals surface area contributed by atoms with E-state index in [0.717, 1.165) is 16.9 Å². The molecule has 4 aromatic carbocycles. The number of carbonyl (C=O) groups is 1. The van der Waals surface area contributed by atoms with E-state index in [1.165, 1.54) is 28.5 Å². The van der Waals surface area contributed by atoms with E-state index >= 15 is 0 Å². The number of nitro groups is 1. The van der Waals surface area contributed by atoms with Gasteiger partial charge in [-0.25, -0.2) is 4.99 Å². The summed E-state index contributed by atoms with van der Waals surface area (Å²) in [6.07, 6.45) is 1.62. The fraction of sp³-hybridized carbons (Fsp3) is 0.108. The highest BCUT2D eigenvalue weighted by molar-refractivity contribution is 7.99. The zero-order chi connectivity index (χ0) is 36.5. The Morgan fingerprint density at radius 2 is 1.77 bits per heavy atom. The van der Waals surface area contributed by atoms with E-state index in [-0.39, 0.29) is 10.2 Å². The Hall–Kier alpha value is -5.34. The third-order valence-electron chi connectivity index (χ3n) is 8.29. The smallest absolute Gasteiger partial charge is 0.271 e. The topological polar surface area (TPSA) is 137 Å². The predicted molar refractivity (Wildman–Crippen MR) is 204 cm³/mol. The molecular weight excluding hydrogens is 741 g/mol. The average Bonchev–Trinajstić information content (AvgIpc) is 3.68. The average molecular weight is 769 g/mol. The first kappa shape index (κ1) is 35.1. The van der Waals surface area contributed by atoms with Gasteiger partial charge in [0.05, 0.1) is 26.8 Å². The molecule has 1 atom stereocenters. The number of anilines is 1. The van der Waals surface area contributed by atoms with Crippen molar-refractivity contribution < 1.29 is 9.72 Å². The zero-order valence-corrected chi connectivity index (χ0v) is 30.6. The SMILES string of the molecule is CCn1c(Sc2ccc([N+](=O)[O-])cc2/C=c2/sc3n(c2=O)[C@H](c2ccc(Cl)cc2)C(C(=O)Nc2ccccc2)=C(C)N=3)nnc1-c1cccc(Cl)c1. The normalized spacial score (nSPS) is 14.2. The number of nitrogens with zero attached hydrogens (tertiary/aromatic N) is 6. The van der Waals surface area contributed by atoms with Gasteiger partial charge in [-0.05, 0) is 85.3 Å². The van der Waals surface area contributed by atoms with E-state index in [1.54, 1.807) is 67.6 Å². The van der Waals surface area contributed by atoms with Crippen molar-refractivity contribution in [2.45, 2.75) is 36.5 Å². The molecule has 0 saturated heterocycles. The molecule has 1 amide bonds. The van der Waals surface area contributed by atoms with Crippen molar-refractivity contribution in [1.29, 1.82) is 0 Å². The van der Waals surface area contributed by atoms with Gasteiger partial charge in [0.1, 0.15) is 0 Å². The number of hydrogen-bond acceptors (Lipinski definition) is 9. The van der Waals surface area contributed by atoms with Gasteiger partial charge in [0.25, 0.3) is 17.2 Å². The van der Waals surface area contributed by atoms with Crippen LogP contribution in [0.25, 0.3) is 17.5 Å². The largest absolute Gasteiger partial charge is 0.322 e. The number of aromatic nitrogens is 4. The number of nitrogens with one attached hydrogen (secondary N) is 1. The van der Waals surface area contributed by atoms with E-state index < -0.39 is 22.4 Å². The van der Waals surface area contributed by atoms with Crippen molar-refractivity contribution in [3.05, 3.63) is 159 Å². The van der Waals surface area contributed by atoms with Crippen LogP contribution in [0.4, 0.5) is 11.4 Å². The minimum atomic E-state index is -0.827. The number of benzene rings is 4. The van der Waals surface area contributed by atoms with Gasteiger partial charge in [-0.1, -0.05) is 77.0 Å². The number of nitro benzene ring substituents is 1. The number of amides is 1. The standard InChI is InChI=1S/C37H27Cl2N7O4S2/c1-3-44-33(23-8-7-9-26(39)18-23)42-43-37(44)51-29-17-16-28(46(49)50)19-24(29)20-30-35(48)45-32(22-12-14-25(38)15-13-22)31(21(2)40-36(45)52-30)34(47)41-27-10-5-4-6-11-27/h4-20,32H,3H2,1-2H3,(H,41,47)/b30-20+/t32-/m1/s1. The Morgan fingerprint density at radius 3 is 2.48 bits per heavy atom. The third kappa shape index (κ3) is 6.95. The van der Waals surface area contributed by atoms with Gasteiger partial charge in [0.2, 0.25) is 0 Å². The van der Waals surface area contributed by atoms with Gasteiger partial charge in [-0.2, -0.15) is 0 Å². The number of hydrogen-bond donors (Lipinski definition) is 1. The molecule has 0 saturated carbocycles. The molecule has 1 aliphatic rings. The first-order valence-electron chi connectivity index (χ1n) is 15.9. The first-order chi connectivity index (χ1) is 25.1. The van der Waals surface area contributed by atoms with Crippen LogP contribution in [0.5, 0.6) is 0 Å². The van der Waals surface area contributed by atoms with Crippen molar-refractivity contribution in [3.8, 4) is 11.4 Å². The van der Waals surface area contributed by atoms with Crippen LogP contribution in [0.15, 0.2) is 128 Å². The molecule has 1 aliphatic heterocycles. The lowest BCUT2D eigenvalue weighted by atomic mass is 9.95. The summed E-state index contributed by atoms with van der Waals surface area (Å²) in [6, 6.07) is 26.9. The molecule has 15 heteroatoms.